The Labute approximate surface area is 159 Å². The quantitative estimate of drug-likeness (QED) is 0.414. The Morgan fingerprint density at radius 2 is 1.76 bits per heavy atom. The second-order valence-corrected chi connectivity index (χ2v) is 7.90. The van der Waals surface area contributed by atoms with Crippen molar-refractivity contribution in [3.05, 3.63) is 81.5 Å². The predicted octanol–water partition coefficient (Wildman–Crippen LogP) is 6.98. The summed E-state index contributed by atoms with van der Waals surface area (Å²) in [5.41, 5.74) is 3.54. The number of halogens is 1. The Morgan fingerprint density at radius 3 is 2.44 bits per heavy atom. The van der Waals surface area contributed by atoms with Crippen LogP contribution in [0.4, 0.5) is 0 Å². The highest BCUT2D eigenvalue weighted by molar-refractivity contribution is 7.10. The fourth-order valence-corrected chi connectivity index (χ4v) is 4.20. The molecule has 25 heavy (non-hydrogen) atoms. The van der Waals surface area contributed by atoms with Crippen LogP contribution in [0.1, 0.15) is 30.2 Å². The van der Waals surface area contributed by atoms with Crippen molar-refractivity contribution in [3.8, 4) is 23.5 Å². The highest BCUT2D eigenvalue weighted by Crippen LogP contribution is 2.33. The van der Waals surface area contributed by atoms with Crippen molar-refractivity contribution in [1.29, 1.82) is 0 Å². The third-order valence-electron chi connectivity index (χ3n) is 4.71. The minimum absolute atomic E-state index is 0.255. The van der Waals surface area contributed by atoms with E-state index in [4.69, 9.17) is 18.0 Å². The number of hydrogen-bond donors (Lipinski definition) is 0. The van der Waals surface area contributed by atoms with Crippen molar-refractivity contribution in [1.82, 2.24) is 0 Å². The number of thiophene rings is 1. The molecular weight excluding hydrogens is 344 g/mol. The van der Waals surface area contributed by atoms with Crippen LogP contribution in [0.3, 0.4) is 0 Å². The van der Waals surface area contributed by atoms with Crippen molar-refractivity contribution in [2.24, 2.45) is 0 Å². The van der Waals surface area contributed by atoms with E-state index in [1.807, 2.05) is 35.6 Å². The highest BCUT2D eigenvalue weighted by atomic mass is 35.5. The normalized spacial score (nSPS) is 13.2. The van der Waals surface area contributed by atoms with Crippen LogP contribution in [-0.4, -0.2) is 0 Å². The van der Waals surface area contributed by atoms with Gasteiger partial charge < -0.3 is 0 Å². The number of terminal acetylenes is 1. The van der Waals surface area contributed by atoms with Gasteiger partial charge in [-0.3, -0.25) is 0 Å². The first-order valence-electron chi connectivity index (χ1n) is 8.48. The summed E-state index contributed by atoms with van der Waals surface area (Å²) in [4.78, 5) is 1.43. The van der Waals surface area contributed by atoms with Crippen molar-refractivity contribution in [2.75, 3.05) is 0 Å². The van der Waals surface area contributed by atoms with Crippen molar-refractivity contribution < 1.29 is 0 Å². The molecule has 1 unspecified atom stereocenters. The van der Waals surface area contributed by atoms with Gasteiger partial charge >= 0.3 is 0 Å². The van der Waals surface area contributed by atoms with Gasteiger partial charge in [-0.25, -0.2) is 0 Å². The largest absolute Gasteiger partial charge is 0.148 e. The van der Waals surface area contributed by atoms with Gasteiger partial charge in [-0.2, -0.15) is 0 Å². The number of rotatable bonds is 6. The molecule has 2 heteroatoms. The Morgan fingerprint density at radius 1 is 1.04 bits per heavy atom. The van der Waals surface area contributed by atoms with Crippen molar-refractivity contribution in [3.63, 3.8) is 0 Å². The summed E-state index contributed by atoms with van der Waals surface area (Å²) in [7, 11) is 0. The van der Waals surface area contributed by atoms with Gasteiger partial charge in [0.2, 0.25) is 0 Å². The third kappa shape index (κ3) is 4.15. The van der Waals surface area contributed by atoms with E-state index in [2.05, 4.69) is 54.6 Å². The molecule has 1 aromatic heterocycles. The first-order chi connectivity index (χ1) is 12.1. The SMILES string of the molecule is C#CC(C)(CCCc1sccc1-c1ccccc1)c1ccc(Cl)cc1. The lowest BCUT2D eigenvalue weighted by atomic mass is 9.79. The van der Waals surface area contributed by atoms with Crippen molar-refractivity contribution >= 4 is 22.9 Å². The van der Waals surface area contributed by atoms with Crippen LogP contribution in [-0.2, 0) is 11.8 Å². The molecular formula is C23H21ClS. The highest BCUT2D eigenvalue weighted by Gasteiger charge is 2.23. The van der Waals surface area contributed by atoms with E-state index in [1.54, 1.807) is 0 Å². The van der Waals surface area contributed by atoms with Gasteiger partial charge in [-0.1, -0.05) is 60.0 Å². The van der Waals surface area contributed by atoms with E-state index in [0.29, 0.717) is 0 Å². The Balaban J connectivity index is 1.70. The topological polar surface area (TPSA) is 0 Å². The predicted molar refractivity (Wildman–Crippen MR) is 110 cm³/mol. The molecule has 0 amide bonds. The molecule has 2 aromatic carbocycles. The van der Waals surface area contributed by atoms with Gasteiger partial charge in [0, 0.05) is 9.90 Å². The molecule has 0 spiro atoms. The van der Waals surface area contributed by atoms with Crippen LogP contribution in [0, 0.1) is 12.3 Å². The van der Waals surface area contributed by atoms with Crippen molar-refractivity contribution in [2.45, 2.75) is 31.6 Å². The maximum absolute atomic E-state index is 6.00. The summed E-state index contributed by atoms with van der Waals surface area (Å²) < 4.78 is 0. The first-order valence-corrected chi connectivity index (χ1v) is 9.74. The zero-order valence-corrected chi connectivity index (χ0v) is 15.9. The molecule has 0 saturated carbocycles. The molecule has 3 rings (SSSR count). The lowest BCUT2D eigenvalue weighted by Gasteiger charge is -2.24. The van der Waals surface area contributed by atoms with Gasteiger partial charge in [0.15, 0.2) is 0 Å². The van der Waals surface area contributed by atoms with E-state index in [0.717, 1.165) is 29.8 Å². The molecule has 0 saturated heterocycles. The van der Waals surface area contributed by atoms with Gasteiger partial charge in [-0.15, -0.1) is 17.8 Å². The maximum Gasteiger partial charge on any atom is 0.0532 e. The molecule has 0 radical (unpaired) electrons. The Kier molecular flexibility index (Phi) is 5.63. The average molecular weight is 365 g/mol. The molecule has 0 aliphatic rings. The van der Waals surface area contributed by atoms with Gasteiger partial charge in [0.1, 0.15) is 0 Å². The second-order valence-electron chi connectivity index (χ2n) is 6.46. The molecule has 0 fully saturated rings. The van der Waals surface area contributed by atoms with Gasteiger partial charge in [0.05, 0.1) is 5.41 Å². The minimum Gasteiger partial charge on any atom is -0.148 e. The lowest BCUT2D eigenvalue weighted by Crippen LogP contribution is -2.19. The van der Waals surface area contributed by atoms with E-state index in [9.17, 15) is 0 Å². The smallest absolute Gasteiger partial charge is 0.0532 e. The molecule has 1 atom stereocenters. The molecule has 0 N–H and O–H groups in total. The fraction of sp³-hybridized carbons (Fsp3) is 0.217. The van der Waals surface area contributed by atoms with E-state index in [1.165, 1.54) is 16.0 Å². The number of aryl methyl sites for hydroxylation is 1. The van der Waals surface area contributed by atoms with Crippen LogP contribution in [0.5, 0.6) is 0 Å². The maximum atomic E-state index is 6.00. The number of benzene rings is 2. The Hall–Kier alpha value is -2.01. The first kappa shape index (κ1) is 17.8. The molecule has 0 bridgehead atoms. The van der Waals surface area contributed by atoms with E-state index in [-0.39, 0.29) is 5.41 Å². The second kappa shape index (κ2) is 7.91. The zero-order chi connectivity index (χ0) is 17.7. The molecule has 1 heterocycles. The van der Waals surface area contributed by atoms with Crippen LogP contribution in [0.15, 0.2) is 66.0 Å². The molecule has 126 valence electrons. The summed E-state index contributed by atoms with van der Waals surface area (Å²) in [6.45, 7) is 2.14. The Bertz CT molecular complexity index is 855. The van der Waals surface area contributed by atoms with Crippen LogP contribution in [0.25, 0.3) is 11.1 Å². The summed E-state index contributed by atoms with van der Waals surface area (Å²) in [5, 5.41) is 2.92. The van der Waals surface area contributed by atoms with E-state index >= 15 is 0 Å². The molecule has 3 aromatic rings. The van der Waals surface area contributed by atoms with Crippen LogP contribution < -0.4 is 0 Å². The fourth-order valence-electron chi connectivity index (χ4n) is 3.13. The van der Waals surface area contributed by atoms with E-state index < -0.39 is 0 Å². The summed E-state index contributed by atoms with van der Waals surface area (Å²) in [6, 6.07) is 20.7. The van der Waals surface area contributed by atoms with Crippen LogP contribution >= 0.6 is 22.9 Å². The standard InChI is InChI=1S/C23H21ClS/c1-3-23(2,19-11-13-20(24)14-12-19)16-7-10-22-21(15-17-25-22)18-8-5-4-6-9-18/h1,4-6,8-9,11-15,17H,7,10,16H2,2H3. The molecule has 0 aliphatic heterocycles. The lowest BCUT2D eigenvalue weighted by molar-refractivity contribution is 0.535. The third-order valence-corrected chi connectivity index (χ3v) is 5.94. The average Bonchev–Trinajstić information content (AvgIpc) is 3.11. The monoisotopic (exact) mass is 364 g/mol. The summed E-state index contributed by atoms with van der Waals surface area (Å²) >= 11 is 7.83. The minimum atomic E-state index is -0.255. The van der Waals surface area contributed by atoms with Crippen LogP contribution in [0.2, 0.25) is 5.02 Å². The molecule has 0 aliphatic carbocycles. The van der Waals surface area contributed by atoms with Gasteiger partial charge in [-0.05, 0) is 66.5 Å². The molecule has 0 nitrogen and oxygen atoms in total. The number of hydrogen-bond acceptors (Lipinski definition) is 1. The van der Waals surface area contributed by atoms with Gasteiger partial charge in [0.25, 0.3) is 0 Å². The summed E-state index contributed by atoms with van der Waals surface area (Å²) in [5.74, 6) is 3.00. The summed E-state index contributed by atoms with van der Waals surface area (Å²) in [6.07, 6.45) is 8.94. The zero-order valence-electron chi connectivity index (χ0n) is 14.3.